The first-order chi connectivity index (χ1) is 7.22. The van der Waals surface area contributed by atoms with Crippen LogP contribution in [0.2, 0.25) is 0 Å². The van der Waals surface area contributed by atoms with Gasteiger partial charge in [-0.3, -0.25) is 4.79 Å². The van der Waals surface area contributed by atoms with E-state index in [-0.39, 0.29) is 19.4 Å². The number of amides is 2. The van der Waals surface area contributed by atoms with Crippen LogP contribution in [0.3, 0.4) is 0 Å². The summed E-state index contributed by atoms with van der Waals surface area (Å²) in [6, 6.07) is -0.872. The van der Waals surface area contributed by atoms with Gasteiger partial charge in [-0.15, -0.1) is 0 Å². The van der Waals surface area contributed by atoms with Crippen LogP contribution in [-0.2, 0) is 4.79 Å². The van der Waals surface area contributed by atoms with Crippen LogP contribution < -0.4 is 5.32 Å². The number of carboxylic acid groups (broad SMARTS) is 1. The number of hydrogen-bond donors (Lipinski definition) is 2. The van der Waals surface area contributed by atoms with Crippen molar-refractivity contribution in [2.75, 3.05) is 20.1 Å². The topological polar surface area (TPSA) is 69.6 Å². The Morgan fingerprint density at radius 3 is 2.38 bits per heavy atom. The van der Waals surface area contributed by atoms with Crippen LogP contribution in [0.15, 0.2) is 0 Å². The van der Waals surface area contributed by atoms with Crippen molar-refractivity contribution in [1.82, 2.24) is 10.2 Å². The molecule has 0 radical (unpaired) electrons. The van der Waals surface area contributed by atoms with E-state index in [0.29, 0.717) is 0 Å². The minimum absolute atomic E-state index is 0.0932. The molecule has 0 atom stereocenters. The summed E-state index contributed by atoms with van der Waals surface area (Å²) in [4.78, 5) is 22.2. The predicted octanol–water partition coefficient (Wildman–Crippen LogP) is 1.05. The molecule has 0 aromatic carbocycles. The monoisotopic (exact) mass is 242 g/mol. The summed E-state index contributed by atoms with van der Waals surface area (Å²) in [6.07, 6.45) is -4.38. The quantitative estimate of drug-likeness (QED) is 0.757. The van der Waals surface area contributed by atoms with Gasteiger partial charge in [0, 0.05) is 20.0 Å². The zero-order valence-corrected chi connectivity index (χ0v) is 8.67. The fraction of sp³-hybridized carbons (Fsp3) is 0.750. The van der Waals surface area contributed by atoms with Crippen LogP contribution in [0.5, 0.6) is 0 Å². The fourth-order valence-corrected chi connectivity index (χ4v) is 0.880. The molecule has 0 rings (SSSR count). The summed E-state index contributed by atoms with van der Waals surface area (Å²) in [7, 11) is 1.30. The molecule has 0 spiro atoms. The number of hydrogen-bond acceptors (Lipinski definition) is 2. The average molecular weight is 242 g/mol. The highest BCUT2D eigenvalue weighted by atomic mass is 19.4. The molecule has 0 aromatic rings. The van der Waals surface area contributed by atoms with E-state index in [2.05, 4.69) is 0 Å². The Hall–Kier alpha value is -1.47. The van der Waals surface area contributed by atoms with Crippen LogP contribution in [0, 0.1) is 0 Å². The molecule has 16 heavy (non-hydrogen) atoms. The SMILES string of the molecule is CN(CCCC(=O)O)C(=O)NCC(F)(F)F. The molecule has 0 aliphatic heterocycles. The number of halogens is 3. The lowest BCUT2D eigenvalue weighted by atomic mass is 10.3. The molecule has 0 saturated heterocycles. The van der Waals surface area contributed by atoms with Crippen LogP contribution in [0.4, 0.5) is 18.0 Å². The normalized spacial score (nSPS) is 11.0. The van der Waals surface area contributed by atoms with Crippen LogP contribution in [0.25, 0.3) is 0 Å². The Labute approximate surface area is 90.2 Å². The fourth-order valence-electron chi connectivity index (χ4n) is 0.880. The van der Waals surface area contributed by atoms with Crippen LogP contribution in [0.1, 0.15) is 12.8 Å². The highest BCUT2D eigenvalue weighted by Gasteiger charge is 2.28. The third-order valence-corrected chi connectivity index (χ3v) is 1.67. The summed E-state index contributed by atoms with van der Waals surface area (Å²) >= 11 is 0. The Morgan fingerprint density at radius 2 is 1.94 bits per heavy atom. The molecule has 2 amide bonds. The van der Waals surface area contributed by atoms with Crippen LogP contribution in [-0.4, -0.2) is 48.3 Å². The number of carboxylic acids is 1. The number of carbonyl (C=O) groups excluding carboxylic acids is 1. The van der Waals surface area contributed by atoms with Gasteiger partial charge in [0.05, 0.1) is 0 Å². The standard InChI is InChI=1S/C8H13F3N2O3/c1-13(4-2-3-6(14)15)7(16)12-5-8(9,10)11/h2-5H2,1H3,(H,12,16)(H,14,15). The lowest BCUT2D eigenvalue weighted by Crippen LogP contribution is -2.42. The largest absolute Gasteiger partial charge is 0.481 e. The number of nitrogens with one attached hydrogen (secondary N) is 1. The molecule has 0 saturated carbocycles. The predicted molar refractivity (Wildman–Crippen MR) is 49.0 cm³/mol. The number of nitrogens with zero attached hydrogens (tertiary/aromatic N) is 1. The number of carbonyl (C=O) groups is 2. The van der Waals surface area contributed by atoms with Crippen molar-refractivity contribution in [3.8, 4) is 0 Å². The summed E-state index contributed by atoms with van der Waals surface area (Å²) in [5.41, 5.74) is 0. The van der Waals surface area contributed by atoms with Gasteiger partial charge in [0.2, 0.25) is 0 Å². The van der Waals surface area contributed by atoms with Gasteiger partial charge in [0.15, 0.2) is 0 Å². The molecular formula is C8H13F3N2O3. The Bertz CT molecular complexity index is 255. The lowest BCUT2D eigenvalue weighted by molar-refractivity contribution is -0.137. The van der Waals surface area contributed by atoms with E-state index in [1.165, 1.54) is 7.05 Å². The van der Waals surface area contributed by atoms with Gasteiger partial charge in [-0.2, -0.15) is 13.2 Å². The number of alkyl halides is 3. The van der Waals surface area contributed by atoms with E-state index in [1.54, 1.807) is 5.32 Å². The van der Waals surface area contributed by atoms with Crippen molar-refractivity contribution >= 4 is 12.0 Å². The first kappa shape index (κ1) is 14.5. The van der Waals surface area contributed by atoms with Gasteiger partial charge in [-0.1, -0.05) is 0 Å². The van der Waals surface area contributed by atoms with Crippen molar-refractivity contribution in [2.24, 2.45) is 0 Å². The minimum atomic E-state index is -4.45. The lowest BCUT2D eigenvalue weighted by Gasteiger charge is -2.18. The Kier molecular flexibility index (Phi) is 5.62. The van der Waals surface area contributed by atoms with Crippen molar-refractivity contribution in [3.05, 3.63) is 0 Å². The summed E-state index contributed by atoms with van der Waals surface area (Å²) in [5.74, 6) is -1.01. The molecule has 0 aliphatic carbocycles. The van der Waals surface area contributed by atoms with E-state index in [1.807, 2.05) is 0 Å². The maximum Gasteiger partial charge on any atom is 0.405 e. The zero-order valence-electron chi connectivity index (χ0n) is 8.67. The molecule has 0 bridgehead atoms. The van der Waals surface area contributed by atoms with E-state index in [9.17, 15) is 22.8 Å². The molecule has 0 unspecified atom stereocenters. The van der Waals surface area contributed by atoms with E-state index in [4.69, 9.17) is 5.11 Å². The summed E-state index contributed by atoms with van der Waals surface area (Å²) in [5, 5.41) is 9.98. The summed E-state index contributed by atoms with van der Waals surface area (Å²) in [6.45, 7) is -1.30. The third kappa shape index (κ3) is 7.89. The molecule has 0 aliphatic rings. The Balaban J connectivity index is 3.78. The molecule has 0 aromatic heterocycles. The van der Waals surface area contributed by atoms with Gasteiger partial charge < -0.3 is 15.3 Å². The van der Waals surface area contributed by atoms with E-state index < -0.39 is 24.7 Å². The van der Waals surface area contributed by atoms with Crippen molar-refractivity contribution in [1.29, 1.82) is 0 Å². The first-order valence-electron chi connectivity index (χ1n) is 4.50. The second-order valence-electron chi connectivity index (χ2n) is 3.19. The molecule has 2 N–H and O–H groups in total. The molecule has 5 nitrogen and oxygen atoms in total. The molecule has 0 heterocycles. The highest BCUT2D eigenvalue weighted by molar-refractivity contribution is 5.74. The third-order valence-electron chi connectivity index (χ3n) is 1.67. The summed E-state index contributed by atoms with van der Waals surface area (Å²) < 4.78 is 35.2. The second-order valence-corrected chi connectivity index (χ2v) is 3.19. The number of urea groups is 1. The van der Waals surface area contributed by atoms with Crippen molar-refractivity contribution in [2.45, 2.75) is 19.0 Å². The van der Waals surface area contributed by atoms with Crippen molar-refractivity contribution < 1.29 is 27.9 Å². The molecule has 8 heteroatoms. The smallest absolute Gasteiger partial charge is 0.405 e. The van der Waals surface area contributed by atoms with E-state index in [0.717, 1.165) is 4.90 Å². The van der Waals surface area contributed by atoms with Gasteiger partial charge >= 0.3 is 18.2 Å². The number of rotatable bonds is 5. The zero-order chi connectivity index (χ0) is 12.8. The minimum Gasteiger partial charge on any atom is -0.481 e. The van der Waals surface area contributed by atoms with Gasteiger partial charge in [0.25, 0.3) is 0 Å². The first-order valence-corrected chi connectivity index (χ1v) is 4.50. The van der Waals surface area contributed by atoms with Gasteiger partial charge in [-0.05, 0) is 6.42 Å². The maximum atomic E-state index is 11.7. The van der Waals surface area contributed by atoms with Crippen LogP contribution >= 0.6 is 0 Å². The highest BCUT2D eigenvalue weighted by Crippen LogP contribution is 2.12. The van der Waals surface area contributed by atoms with Gasteiger partial charge in [-0.25, -0.2) is 4.79 Å². The maximum absolute atomic E-state index is 11.7. The molecule has 94 valence electrons. The van der Waals surface area contributed by atoms with Gasteiger partial charge in [0.1, 0.15) is 6.54 Å². The number of aliphatic carboxylic acids is 1. The Morgan fingerprint density at radius 1 is 1.38 bits per heavy atom. The van der Waals surface area contributed by atoms with E-state index >= 15 is 0 Å². The molecule has 0 fully saturated rings. The van der Waals surface area contributed by atoms with Crippen molar-refractivity contribution in [3.63, 3.8) is 0 Å². The molecular weight excluding hydrogens is 229 g/mol. The second kappa shape index (κ2) is 6.19. The average Bonchev–Trinajstić information content (AvgIpc) is 2.12.